The first-order chi connectivity index (χ1) is 16.2. The molecule has 0 saturated carbocycles. The van der Waals surface area contributed by atoms with Crippen molar-refractivity contribution in [2.24, 2.45) is 0 Å². The first-order valence-electron chi connectivity index (χ1n) is 11.8. The summed E-state index contributed by atoms with van der Waals surface area (Å²) in [5, 5.41) is 8.71. The quantitative estimate of drug-likeness (QED) is 0.518. The van der Waals surface area contributed by atoms with Crippen LogP contribution in [-0.4, -0.2) is 37.2 Å². The largest absolute Gasteiger partial charge is 0.444 e. The van der Waals surface area contributed by atoms with E-state index >= 15 is 0 Å². The van der Waals surface area contributed by atoms with Gasteiger partial charge in [0.25, 0.3) is 5.91 Å². The Kier molecular flexibility index (Phi) is 10.3. The number of carbonyl (C=O) groups is 2. The van der Waals surface area contributed by atoms with Crippen LogP contribution in [-0.2, 0) is 11.2 Å². The second kappa shape index (κ2) is 12.9. The van der Waals surface area contributed by atoms with Crippen molar-refractivity contribution in [1.82, 2.24) is 10.6 Å². The zero-order valence-electron chi connectivity index (χ0n) is 20.8. The molecule has 0 atom stereocenters. The molecule has 34 heavy (non-hydrogen) atoms. The number of alkyl carbamates (subject to hydrolysis) is 1. The molecule has 0 bridgehead atoms. The lowest BCUT2D eigenvalue weighted by atomic mass is 9.98. The highest BCUT2D eigenvalue weighted by molar-refractivity contribution is 6.04. The van der Waals surface area contributed by atoms with Gasteiger partial charge in [-0.1, -0.05) is 38.1 Å². The van der Waals surface area contributed by atoms with Gasteiger partial charge >= 0.3 is 6.09 Å². The van der Waals surface area contributed by atoms with Gasteiger partial charge in [-0.3, -0.25) is 4.79 Å². The van der Waals surface area contributed by atoms with Crippen LogP contribution in [0.2, 0.25) is 0 Å². The fourth-order valence-corrected chi connectivity index (χ4v) is 3.37. The molecule has 0 fully saturated rings. The number of hydrogen-bond donors (Lipinski definition) is 3. The highest BCUT2D eigenvalue weighted by atomic mass is 19.1. The third kappa shape index (κ3) is 8.63. The van der Waals surface area contributed by atoms with E-state index in [1.165, 1.54) is 6.07 Å². The number of amides is 2. The van der Waals surface area contributed by atoms with Crippen molar-refractivity contribution in [2.45, 2.75) is 53.1 Å². The Balaban J connectivity index is 0.00000199. The average Bonchev–Trinajstić information content (AvgIpc) is 2.81. The van der Waals surface area contributed by atoms with Crippen LogP contribution in [0.15, 0.2) is 48.5 Å². The van der Waals surface area contributed by atoms with Gasteiger partial charge in [0.05, 0.1) is 0 Å². The molecule has 2 aromatic rings. The van der Waals surface area contributed by atoms with Gasteiger partial charge in [0, 0.05) is 29.9 Å². The minimum Gasteiger partial charge on any atom is -0.444 e. The topological polar surface area (TPSA) is 79.5 Å². The predicted octanol–water partition coefficient (Wildman–Crippen LogP) is 5.55. The van der Waals surface area contributed by atoms with E-state index in [1.54, 1.807) is 24.3 Å². The molecule has 1 aliphatic rings. The molecule has 0 spiro atoms. The predicted molar refractivity (Wildman–Crippen MR) is 136 cm³/mol. The van der Waals surface area contributed by atoms with Crippen LogP contribution in [0, 0.1) is 5.82 Å². The molecule has 2 amide bonds. The summed E-state index contributed by atoms with van der Waals surface area (Å²) in [7, 11) is 0. The normalized spacial score (nSPS) is 13.2. The Bertz CT molecular complexity index is 995. The summed E-state index contributed by atoms with van der Waals surface area (Å²) in [6, 6.07) is 11.9. The molecule has 2 aromatic carbocycles. The number of halogens is 1. The number of hydrogen-bond acceptors (Lipinski definition) is 4. The number of carbonyl (C=O) groups excluding carboxylic acids is 2. The summed E-state index contributed by atoms with van der Waals surface area (Å²) in [5.41, 5.74) is 2.87. The van der Waals surface area contributed by atoms with E-state index in [4.69, 9.17) is 4.74 Å². The Hall–Kier alpha value is -3.19. The lowest BCUT2D eigenvalue weighted by molar-refractivity contribution is 0.0528. The smallest absolute Gasteiger partial charge is 0.407 e. The first kappa shape index (κ1) is 27.1. The molecule has 0 aliphatic carbocycles. The third-order valence-electron chi connectivity index (χ3n) is 4.93. The minimum atomic E-state index is -0.530. The van der Waals surface area contributed by atoms with Gasteiger partial charge in [-0.25, -0.2) is 9.18 Å². The zero-order chi connectivity index (χ0) is 25.1. The van der Waals surface area contributed by atoms with Crippen molar-refractivity contribution < 1.29 is 18.7 Å². The Morgan fingerprint density at radius 2 is 1.79 bits per heavy atom. The maximum atomic E-state index is 14.6. The van der Waals surface area contributed by atoms with Crippen molar-refractivity contribution in [3.8, 4) is 0 Å². The summed E-state index contributed by atoms with van der Waals surface area (Å²) in [4.78, 5) is 24.2. The summed E-state index contributed by atoms with van der Waals surface area (Å²) in [6.07, 6.45) is 2.93. The van der Waals surface area contributed by atoms with Gasteiger partial charge in [0.1, 0.15) is 11.4 Å². The SMILES string of the molecule is CC.CC(C)(C)OC(=O)NCCc1ccc(NC(=O)c2ccc(C3=CCNCC3)c(F)c2)cc1. The molecule has 7 heteroatoms. The van der Waals surface area contributed by atoms with Gasteiger partial charge in [0.15, 0.2) is 0 Å². The fourth-order valence-electron chi connectivity index (χ4n) is 3.37. The van der Waals surface area contributed by atoms with Crippen LogP contribution in [0.5, 0.6) is 0 Å². The number of nitrogens with one attached hydrogen (secondary N) is 3. The highest BCUT2D eigenvalue weighted by Gasteiger charge is 2.16. The van der Waals surface area contributed by atoms with Gasteiger partial charge in [-0.15, -0.1) is 0 Å². The second-order valence-corrected chi connectivity index (χ2v) is 8.71. The van der Waals surface area contributed by atoms with Crippen LogP contribution in [0.3, 0.4) is 0 Å². The summed E-state index contributed by atoms with van der Waals surface area (Å²) in [6.45, 7) is 11.4. The fraction of sp³-hybridized carbons (Fsp3) is 0.407. The second-order valence-electron chi connectivity index (χ2n) is 8.71. The molecule has 0 radical (unpaired) electrons. The average molecular weight is 470 g/mol. The first-order valence-corrected chi connectivity index (χ1v) is 11.8. The molecule has 6 nitrogen and oxygen atoms in total. The van der Waals surface area contributed by atoms with E-state index in [1.807, 2.05) is 52.8 Å². The van der Waals surface area contributed by atoms with Crippen LogP contribution >= 0.6 is 0 Å². The Morgan fingerprint density at radius 3 is 2.38 bits per heavy atom. The highest BCUT2D eigenvalue weighted by Crippen LogP contribution is 2.24. The molecule has 3 rings (SSSR count). The molecule has 0 saturated heterocycles. The Labute approximate surface area is 202 Å². The zero-order valence-corrected chi connectivity index (χ0v) is 20.8. The van der Waals surface area contributed by atoms with Crippen molar-refractivity contribution in [1.29, 1.82) is 0 Å². The van der Waals surface area contributed by atoms with E-state index in [2.05, 4.69) is 16.0 Å². The van der Waals surface area contributed by atoms with Crippen molar-refractivity contribution in [2.75, 3.05) is 25.0 Å². The maximum Gasteiger partial charge on any atom is 0.407 e. The summed E-state index contributed by atoms with van der Waals surface area (Å²) in [5.74, 6) is -0.757. The van der Waals surface area contributed by atoms with Crippen molar-refractivity contribution in [3.05, 3.63) is 71.0 Å². The van der Waals surface area contributed by atoms with E-state index in [0.717, 1.165) is 30.6 Å². The van der Waals surface area contributed by atoms with Crippen LogP contribution in [0.4, 0.5) is 14.9 Å². The molecule has 184 valence electrons. The number of rotatable bonds is 6. The Morgan fingerprint density at radius 1 is 1.09 bits per heavy atom. The van der Waals surface area contributed by atoms with Crippen molar-refractivity contribution in [3.63, 3.8) is 0 Å². The third-order valence-corrected chi connectivity index (χ3v) is 4.93. The summed E-state index contributed by atoms with van der Waals surface area (Å²) < 4.78 is 19.8. The van der Waals surface area contributed by atoms with Crippen LogP contribution in [0.1, 0.15) is 62.5 Å². The van der Waals surface area contributed by atoms with Crippen LogP contribution in [0.25, 0.3) is 5.57 Å². The van der Waals surface area contributed by atoms with E-state index in [0.29, 0.717) is 24.2 Å². The summed E-state index contributed by atoms with van der Waals surface area (Å²) >= 11 is 0. The molecule has 0 aromatic heterocycles. The van der Waals surface area contributed by atoms with E-state index in [-0.39, 0.29) is 11.5 Å². The van der Waals surface area contributed by atoms with E-state index in [9.17, 15) is 14.0 Å². The lowest BCUT2D eigenvalue weighted by Gasteiger charge is -2.19. The van der Waals surface area contributed by atoms with Gasteiger partial charge < -0.3 is 20.7 Å². The van der Waals surface area contributed by atoms with Gasteiger partial charge in [-0.05, 0) is 75.6 Å². The lowest BCUT2D eigenvalue weighted by Crippen LogP contribution is -2.33. The van der Waals surface area contributed by atoms with Crippen LogP contribution < -0.4 is 16.0 Å². The monoisotopic (exact) mass is 469 g/mol. The molecule has 1 heterocycles. The van der Waals surface area contributed by atoms with E-state index < -0.39 is 17.5 Å². The molecule has 3 N–H and O–H groups in total. The van der Waals surface area contributed by atoms with Crippen molar-refractivity contribution >= 4 is 23.3 Å². The number of benzene rings is 2. The molecular formula is C27H36FN3O3. The number of anilines is 1. The van der Waals surface area contributed by atoms with Gasteiger partial charge in [-0.2, -0.15) is 0 Å². The standard InChI is InChI=1S/C25H30FN3O3.C2H6/c1-25(2,3)32-24(31)28-15-10-17-4-7-20(8-5-17)29-23(30)19-6-9-21(22(26)16-19)18-11-13-27-14-12-18;1-2/h4-9,11,16,27H,10,12-15H2,1-3H3,(H,28,31)(H,29,30);1-2H3. The number of ether oxygens (including phenoxy) is 1. The van der Waals surface area contributed by atoms with Gasteiger partial charge in [0.2, 0.25) is 0 Å². The minimum absolute atomic E-state index is 0.270. The molecular weight excluding hydrogens is 433 g/mol. The molecule has 0 unspecified atom stereocenters. The maximum absolute atomic E-state index is 14.6. The molecule has 1 aliphatic heterocycles.